The molecule has 3 N–H and O–H groups in total. The Bertz CT molecular complexity index is 1470. The van der Waals surface area contributed by atoms with Crippen molar-refractivity contribution in [2.24, 2.45) is 23.7 Å². The zero-order chi connectivity index (χ0) is 40.3. The topological polar surface area (TPSA) is 167 Å². The first-order valence-corrected chi connectivity index (χ1v) is 19.6. The van der Waals surface area contributed by atoms with E-state index in [1.807, 2.05) is 64.0 Å². The molecular formula is C41H65N3O10. The molecule has 0 aromatic heterocycles. The summed E-state index contributed by atoms with van der Waals surface area (Å²) in [6, 6.07) is 6.65. The molecule has 13 atom stereocenters. The number of cyclic esters (lactones) is 1. The van der Waals surface area contributed by atoms with Crippen LogP contribution in [0.1, 0.15) is 93.1 Å². The van der Waals surface area contributed by atoms with Gasteiger partial charge in [0.1, 0.15) is 23.9 Å². The highest BCUT2D eigenvalue weighted by Gasteiger charge is 2.60. The van der Waals surface area contributed by atoms with Crippen LogP contribution in [-0.2, 0) is 44.5 Å². The van der Waals surface area contributed by atoms with Gasteiger partial charge >= 0.3 is 12.1 Å². The summed E-state index contributed by atoms with van der Waals surface area (Å²) in [7, 11) is 5.24. The number of methoxy groups -OCH3 is 1. The lowest BCUT2D eigenvalue weighted by Crippen LogP contribution is -2.60. The van der Waals surface area contributed by atoms with Gasteiger partial charge in [-0.15, -0.1) is 0 Å². The molecule has 0 bridgehead atoms. The number of anilines is 1. The molecule has 54 heavy (non-hydrogen) atoms. The standard InChI is InChI=1S/C41H65N3O10/c1-12-31-41(8)35(44(39(49)54-41)20-14-13-15-28-16-18-29(42)19-17-28)25(4)32(45)23(2)22-40(7,50-11)36(26(5)33(46)27(6)37(48)52-31)53-38-34(47)30(43(9)10)21-24(3)51-38/h16-19,23-27,30-31,34-36,38,47H,12-15,20-22,42H2,1-11H3/t23-,24-,25+,26+,27-,30+,31-,34-,35+,36-,38+,40-,41-/m1/s1. The molecule has 3 heterocycles. The first-order valence-electron chi connectivity index (χ1n) is 19.6. The van der Waals surface area contributed by atoms with Gasteiger partial charge in [0.05, 0.1) is 23.9 Å². The maximum Gasteiger partial charge on any atom is 0.410 e. The number of benzene rings is 1. The van der Waals surface area contributed by atoms with E-state index in [1.165, 1.54) is 14.0 Å². The first kappa shape index (κ1) is 43.6. The fourth-order valence-corrected chi connectivity index (χ4v) is 9.00. The molecule has 4 rings (SSSR count). The van der Waals surface area contributed by atoms with Gasteiger partial charge in [-0.2, -0.15) is 0 Å². The molecule has 13 nitrogen and oxygen atoms in total. The highest BCUT2D eigenvalue weighted by molar-refractivity contribution is 6.00. The summed E-state index contributed by atoms with van der Waals surface area (Å²) in [6.45, 7) is 14.3. The van der Waals surface area contributed by atoms with Crippen molar-refractivity contribution in [3.05, 3.63) is 29.8 Å². The number of nitrogens with two attached hydrogens (primary N) is 1. The SMILES string of the molecule is CC[C@H]1OC(=O)[C@H](C)C(=O)[C@H](C)[C@@H](O[C@@H]2O[C@H](C)C[C@H](N(C)C)[C@H]2O)[C@](C)(OC)C[C@@H](C)C(=O)[C@H](C)[C@@H]2N(CCCCc3ccc(N)cc3)C(=O)O[C@@]21C. The molecule has 304 valence electrons. The van der Waals surface area contributed by atoms with Crippen LogP contribution in [0.2, 0.25) is 0 Å². The Morgan fingerprint density at radius 1 is 0.981 bits per heavy atom. The number of nitrogens with zero attached hydrogens (tertiary/aromatic N) is 2. The van der Waals surface area contributed by atoms with Crippen molar-refractivity contribution >= 4 is 29.3 Å². The second-order valence-corrected chi connectivity index (χ2v) is 16.6. The van der Waals surface area contributed by atoms with E-state index in [0.29, 0.717) is 25.1 Å². The van der Waals surface area contributed by atoms with Crippen LogP contribution in [0.15, 0.2) is 24.3 Å². The summed E-state index contributed by atoms with van der Waals surface area (Å²) < 4.78 is 31.1. The Kier molecular flexibility index (Phi) is 14.4. The second-order valence-electron chi connectivity index (χ2n) is 16.6. The zero-order valence-electron chi connectivity index (χ0n) is 34.2. The largest absolute Gasteiger partial charge is 0.458 e. The van der Waals surface area contributed by atoms with Gasteiger partial charge < -0.3 is 44.3 Å². The van der Waals surface area contributed by atoms with Crippen LogP contribution in [0.4, 0.5) is 10.5 Å². The van der Waals surface area contributed by atoms with Crippen molar-refractivity contribution in [1.82, 2.24) is 9.80 Å². The summed E-state index contributed by atoms with van der Waals surface area (Å²) in [5.74, 6) is -4.88. The van der Waals surface area contributed by atoms with Gasteiger partial charge in [-0.3, -0.25) is 14.4 Å². The Hall–Kier alpha value is -3.10. The molecule has 3 aliphatic heterocycles. The van der Waals surface area contributed by atoms with Crippen molar-refractivity contribution in [3.63, 3.8) is 0 Å². The van der Waals surface area contributed by atoms with Gasteiger partial charge in [0.15, 0.2) is 17.7 Å². The molecular weight excluding hydrogens is 694 g/mol. The van der Waals surface area contributed by atoms with E-state index < -0.39 is 83.4 Å². The number of fused-ring (bicyclic) bond motifs is 1. The highest BCUT2D eigenvalue weighted by atomic mass is 16.7. The third-order valence-electron chi connectivity index (χ3n) is 12.3. The third-order valence-corrected chi connectivity index (χ3v) is 12.3. The van der Waals surface area contributed by atoms with Crippen LogP contribution in [0.5, 0.6) is 0 Å². The van der Waals surface area contributed by atoms with Crippen LogP contribution < -0.4 is 5.73 Å². The summed E-state index contributed by atoms with van der Waals surface area (Å²) in [5, 5.41) is 11.4. The number of amides is 1. The predicted molar refractivity (Wildman–Crippen MR) is 203 cm³/mol. The predicted octanol–water partition coefficient (Wildman–Crippen LogP) is 4.80. The molecule has 0 unspecified atom stereocenters. The van der Waals surface area contributed by atoms with E-state index in [9.17, 15) is 24.3 Å². The van der Waals surface area contributed by atoms with Gasteiger partial charge in [0.2, 0.25) is 0 Å². The lowest BCUT2D eigenvalue weighted by atomic mass is 9.73. The van der Waals surface area contributed by atoms with Gasteiger partial charge in [0, 0.05) is 43.1 Å². The summed E-state index contributed by atoms with van der Waals surface area (Å²) in [5.41, 5.74) is 5.03. The van der Waals surface area contributed by atoms with E-state index in [2.05, 4.69) is 0 Å². The normalized spacial score (nSPS) is 38.5. The van der Waals surface area contributed by atoms with Crippen molar-refractivity contribution in [3.8, 4) is 0 Å². The fraction of sp³-hybridized carbons (Fsp3) is 0.756. The average molecular weight is 760 g/mol. The summed E-state index contributed by atoms with van der Waals surface area (Å²) in [4.78, 5) is 60.0. The number of hydrogen-bond acceptors (Lipinski definition) is 12. The van der Waals surface area contributed by atoms with E-state index >= 15 is 0 Å². The van der Waals surface area contributed by atoms with E-state index in [1.54, 1.807) is 32.6 Å². The number of carbonyl (C=O) groups excluding carboxylic acids is 4. The molecule has 3 fully saturated rings. The number of carbonyl (C=O) groups is 4. The van der Waals surface area contributed by atoms with Gasteiger partial charge in [-0.25, -0.2) is 4.79 Å². The average Bonchev–Trinajstić information content (AvgIpc) is 3.39. The highest BCUT2D eigenvalue weighted by Crippen LogP contribution is 2.43. The summed E-state index contributed by atoms with van der Waals surface area (Å²) >= 11 is 0. The first-order chi connectivity index (χ1) is 25.3. The van der Waals surface area contributed by atoms with Crippen LogP contribution >= 0.6 is 0 Å². The minimum atomic E-state index is -1.38. The van der Waals surface area contributed by atoms with E-state index in [4.69, 9.17) is 29.4 Å². The van der Waals surface area contributed by atoms with Crippen LogP contribution in [0, 0.1) is 23.7 Å². The molecule has 3 aliphatic rings. The number of ether oxygens (including phenoxy) is 5. The minimum Gasteiger partial charge on any atom is -0.458 e. The number of aliphatic hydroxyl groups is 1. The minimum absolute atomic E-state index is 0.139. The van der Waals surface area contributed by atoms with Crippen molar-refractivity contribution in [2.75, 3.05) is 33.5 Å². The van der Waals surface area contributed by atoms with Gasteiger partial charge in [0.25, 0.3) is 0 Å². The molecule has 0 aliphatic carbocycles. The van der Waals surface area contributed by atoms with Crippen LogP contribution in [-0.4, -0.2) is 120 Å². The lowest BCUT2D eigenvalue weighted by molar-refractivity contribution is -0.295. The summed E-state index contributed by atoms with van der Waals surface area (Å²) in [6.07, 6.45) is -1.76. The van der Waals surface area contributed by atoms with Crippen molar-refractivity contribution in [2.45, 2.75) is 148 Å². The van der Waals surface area contributed by atoms with Crippen molar-refractivity contribution < 1.29 is 48.0 Å². The van der Waals surface area contributed by atoms with Crippen molar-refractivity contribution in [1.29, 1.82) is 0 Å². The van der Waals surface area contributed by atoms with Crippen LogP contribution in [0.25, 0.3) is 0 Å². The number of likely N-dealkylation sites (N-methyl/N-ethyl adjacent to an activating group) is 1. The number of esters is 1. The maximum atomic E-state index is 14.6. The number of hydrogen-bond donors (Lipinski definition) is 2. The monoisotopic (exact) mass is 759 g/mol. The Morgan fingerprint density at radius 3 is 2.22 bits per heavy atom. The quantitative estimate of drug-likeness (QED) is 0.145. The van der Waals surface area contributed by atoms with E-state index in [-0.39, 0.29) is 30.8 Å². The Labute approximate surface area is 321 Å². The fourth-order valence-electron chi connectivity index (χ4n) is 9.00. The third kappa shape index (κ3) is 9.12. The van der Waals surface area contributed by atoms with E-state index in [0.717, 1.165) is 18.4 Å². The number of nitrogen functional groups attached to an aromatic ring is 1. The molecule has 0 saturated carbocycles. The maximum absolute atomic E-state index is 14.6. The number of Topliss-reactive ketones (excluding diaryl/α,β-unsaturated/α-hetero) is 2. The van der Waals surface area contributed by atoms with Crippen LogP contribution in [0.3, 0.4) is 0 Å². The molecule has 3 saturated heterocycles. The molecule has 0 spiro atoms. The second kappa shape index (κ2) is 17.8. The molecule has 1 amide bonds. The van der Waals surface area contributed by atoms with Gasteiger partial charge in [-0.05, 0) is 98.0 Å². The number of aliphatic hydroxyl groups excluding tert-OH is 1. The lowest BCUT2D eigenvalue weighted by Gasteiger charge is -2.47. The molecule has 13 heteroatoms. The molecule has 1 aromatic carbocycles. The number of ketones is 2. The Morgan fingerprint density at radius 2 is 1.63 bits per heavy atom. The number of unbranched alkanes of at least 4 members (excludes halogenated alkanes) is 1. The molecule has 1 aromatic rings. The number of aryl methyl sites for hydroxylation is 1. The zero-order valence-corrected chi connectivity index (χ0v) is 34.2. The molecule has 0 radical (unpaired) electrons. The Balaban J connectivity index is 1.70. The van der Waals surface area contributed by atoms with Gasteiger partial charge in [-0.1, -0.05) is 39.8 Å². The number of rotatable bonds is 10. The smallest absolute Gasteiger partial charge is 0.410 e.